The fraction of sp³-hybridized carbons (Fsp3) is 0.562. The Morgan fingerprint density at radius 2 is 1.69 bits per heavy atom. The van der Waals surface area contributed by atoms with E-state index in [9.17, 15) is 19.2 Å². The smallest absolute Gasteiger partial charge is 0.322 e. The van der Waals surface area contributed by atoms with Crippen molar-refractivity contribution in [2.45, 2.75) is 117 Å². The fourth-order valence-corrected chi connectivity index (χ4v) is 7.76. The number of hydrogen-bond donors (Lipinski definition) is 3. The van der Waals surface area contributed by atoms with Crippen LogP contribution in [0.3, 0.4) is 0 Å². The summed E-state index contributed by atoms with van der Waals surface area (Å²) in [5.41, 5.74) is 0.358. The lowest BCUT2D eigenvalue weighted by Crippen LogP contribution is -2.50. The summed E-state index contributed by atoms with van der Waals surface area (Å²) in [6, 6.07) is 14.5. The van der Waals surface area contributed by atoms with Gasteiger partial charge in [-0.2, -0.15) is 9.47 Å². The molecule has 0 bridgehead atoms. The maximum Gasteiger partial charge on any atom is 0.322 e. The second-order valence-corrected chi connectivity index (χ2v) is 18.4. The maximum absolute atomic E-state index is 14.1. The highest BCUT2D eigenvalue weighted by molar-refractivity contribution is 6.99. The molecule has 366 valence electrons. The zero-order chi connectivity index (χ0) is 48.6. The van der Waals surface area contributed by atoms with Crippen molar-refractivity contribution in [2.75, 3.05) is 69.9 Å². The van der Waals surface area contributed by atoms with Crippen molar-refractivity contribution < 1.29 is 47.6 Å². The van der Waals surface area contributed by atoms with Gasteiger partial charge in [0.2, 0.25) is 5.82 Å². The van der Waals surface area contributed by atoms with Crippen LogP contribution in [0, 0.1) is 0 Å². The number of aromatic amines is 1. The number of nitrogens with one attached hydrogen (secondary N) is 3. The van der Waals surface area contributed by atoms with E-state index < -0.39 is 29.4 Å². The number of H-pyrrole nitrogens is 1. The number of anilines is 2. The Kier molecular flexibility index (Phi) is 19.2. The van der Waals surface area contributed by atoms with Gasteiger partial charge in [0.05, 0.1) is 51.3 Å². The summed E-state index contributed by atoms with van der Waals surface area (Å²) in [5.74, 6) is 0.372. The Labute approximate surface area is 398 Å². The lowest BCUT2D eigenvalue weighted by Gasteiger charge is -2.35. The van der Waals surface area contributed by atoms with E-state index >= 15 is 0 Å². The van der Waals surface area contributed by atoms with Crippen molar-refractivity contribution in [1.29, 1.82) is 0 Å². The van der Waals surface area contributed by atoms with Crippen LogP contribution >= 0.6 is 11.7 Å². The number of ether oxygens (including phenoxy) is 6. The molecule has 3 heterocycles. The molecule has 1 aliphatic heterocycles. The molecule has 4 aromatic rings. The van der Waals surface area contributed by atoms with Crippen molar-refractivity contribution in [3.63, 3.8) is 0 Å². The zero-order valence-electron chi connectivity index (χ0n) is 40.3. The Balaban J connectivity index is 1.16. The molecule has 0 radical (unpaired) electrons. The summed E-state index contributed by atoms with van der Waals surface area (Å²) in [4.78, 5) is 58.7. The molecule has 3 N–H and O–H groups in total. The minimum absolute atomic E-state index is 0.0228. The van der Waals surface area contributed by atoms with Crippen molar-refractivity contribution in [1.82, 2.24) is 29.2 Å². The lowest BCUT2D eigenvalue weighted by molar-refractivity contribution is -0.171. The number of benzene rings is 2. The molecule has 0 aliphatic carbocycles. The molecule has 1 aliphatic rings. The van der Waals surface area contributed by atoms with Gasteiger partial charge in [-0.05, 0) is 89.8 Å². The number of esters is 1. The average molecular weight is 949 g/mol. The summed E-state index contributed by atoms with van der Waals surface area (Å²) >= 11 is 1.04. The van der Waals surface area contributed by atoms with Gasteiger partial charge >= 0.3 is 12.0 Å². The van der Waals surface area contributed by atoms with Crippen LogP contribution in [-0.4, -0.2) is 136 Å². The number of hydrogen-bond acceptors (Lipinski definition) is 16. The highest BCUT2D eigenvalue weighted by atomic mass is 32.1. The van der Waals surface area contributed by atoms with Gasteiger partial charge in [-0.1, -0.05) is 38.1 Å². The number of methoxy groups -OCH3 is 1. The SMILES string of the molecule is CCC(C)(OC(C)C(=O)C(C)(CC)OCCN(Cc1cccc(OC)c1)C(=O)Nc1ccc(-c2cn[nH]c2)cc1)C(=O)CCC(=O)O[C@@H](CNC(C)(C)C)COc1nsnc1N1CCOCC1. The van der Waals surface area contributed by atoms with Crippen molar-refractivity contribution in [2.24, 2.45) is 0 Å². The van der Waals surface area contributed by atoms with Crippen molar-refractivity contribution in [3.8, 4) is 22.8 Å². The van der Waals surface area contributed by atoms with E-state index in [0.717, 1.165) is 28.4 Å². The number of carbonyl (C=O) groups excluding carboxylic acids is 4. The van der Waals surface area contributed by atoms with Gasteiger partial charge in [0.1, 0.15) is 35.8 Å². The molecule has 18 nitrogen and oxygen atoms in total. The second-order valence-electron chi connectivity index (χ2n) is 17.9. The summed E-state index contributed by atoms with van der Waals surface area (Å²) in [5, 5.41) is 13.1. The topological polar surface area (TPSA) is 209 Å². The van der Waals surface area contributed by atoms with Crippen LogP contribution in [-0.2, 0) is 39.9 Å². The number of rotatable bonds is 26. The minimum atomic E-state index is -1.38. The van der Waals surface area contributed by atoms with Crippen LogP contribution in [0.25, 0.3) is 11.1 Å². The molecule has 0 saturated carbocycles. The van der Waals surface area contributed by atoms with E-state index in [1.807, 2.05) is 81.1 Å². The van der Waals surface area contributed by atoms with Gasteiger partial charge in [-0.25, -0.2) is 4.79 Å². The highest BCUT2D eigenvalue weighted by Crippen LogP contribution is 2.29. The van der Waals surface area contributed by atoms with E-state index in [2.05, 4.69) is 29.6 Å². The molecule has 2 amide bonds. The van der Waals surface area contributed by atoms with Crippen LogP contribution in [0.4, 0.5) is 16.3 Å². The number of urea groups is 1. The molecule has 19 heteroatoms. The molecular formula is C48H68N8O10S. The molecule has 2 aromatic heterocycles. The quantitative estimate of drug-likeness (QED) is 0.0549. The molecule has 2 aromatic carbocycles. The number of aromatic nitrogens is 4. The Morgan fingerprint density at radius 1 is 0.955 bits per heavy atom. The van der Waals surface area contributed by atoms with Crippen LogP contribution in [0.15, 0.2) is 60.9 Å². The molecule has 4 atom stereocenters. The van der Waals surface area contributed by atoms with Crippen molar-refractivity contribution >= 4 is 46.8 Å². The number of morpholine rings is 1. The standard InChI is InChI=1S/C48H68N8O10S/c1-10-47(7,40(57)19-20-41(58)65-39(30-49-46(4,5)6)32-63-44-43(53-67-54-44)55-21-24-62-25-22-55)66-33(3)42(59)48(8,11-2)64-26-23-56(31-34-13-12-14-38(27-34)61-9)45(60)52-37-17-15-35(16-18-37)36-28-50-51-29-36/h12-18,27-29,33,39,49H,10-11,19-26,30-32H2,1-9H3,(H,50,51)(H,52,60)/t33?,39-,47?,48?/m0/s1. The number of nitrogens with zero attached hydrogens (tertiary/aromatic N) is 5. The maximum atomic E-state index is 14.1. The zero-order valence-corrected chi connectivity index (χ0v) is 41.2. The first-order valence-electron chi connectivity index (χ1n) is 22.9. The summed E-state index contributed by atoms with van der Waals surface area (Å²) in [6.07, 6.45) is 1.98. The van der Waals surface area contributed by atoms with E-state index in [1.54, 1.807) is 52.1 Å². The highest BCUT2D eigenvalue weighted by Gasteiger charge is 2.42. The van der Waals surface area contributed by atoms with Crippen molar-refractivity contribution in [3.05, 3.63) is 66.5 Å². The van der Waals surface area contributed by atoms with Gasteiger partial charge in [0, 0.05) is 62.1 Å². The molecule has 1 saturated heterocycles. The molecular weight excluding hydrogens is 881 g/mol. The summed E-state index contributed by atoms with van der Waals surface area (Å²) in [7, 11) is 1.58. The first-order chi connectivity index (χ1) is 32.0. The van der Waals surface area contributed by atoms with Crippen LogP contribution in [0.1, 0.15) is 86.6 Å². The average Bonchev–Trinajstić information content (AvgIpc) is 4.05. The summed E-state index contributed by atoms with van der Waals surface area (Å²) in [6.45, 7) is 17.8. The number of amides is 2. The van der Waals surface area contributed by atoms with Crippen LogP contribution < -0.4 is 25.0 Å². The Hall–Kier alpha value is -5.47. The Morgan fingerprint density at radius 3 is 2.34 bits per heavy atom. The van der Waals surface area contributed by atoms with E-state index in [0.29, 0.717) is 62.4 Å². The third-order valence-electron chi connectivity index (χ3n) is 11.7. The van der Waals surface area contributed by atoms with Gasteiger partial charge in [0.25, 0.3) is 5.88 Å². The van der Waals surface area contributed by atoms with E-state index in [-0.39, 0.29) is 68.7 Å². The third-order valence-corrected chi connectivity index (χ3v) is 12.2. The lowest BCUT2D eigenvalue weighted by atomic mass is 9.91. The monoisotopic (exact) mass is 948 g/mol. The van der Waals surface area contributed by atoms with Gasteiger partial charge in [-0.3, -0.25) is 19.5 Å². The van der Waals surface area contributed by atoms with Gasteiger partial charge < -0.3 is 48.9 Å². The van der Waals surface area contributed by atoms with E-state index in [4.69, 9.17) is 28.4 Å². The first-order valence-corrected chi connectivity index (χ1v) is 23.6. The van der Waals surface area contributed by atoms with Crippen LogP contribution in [0.5, 0.6) is 11.6 Å². The minimum Gasteiger partial charge on any atom is -0.497 e. The Bertz CT molecular complexity index is 2190. The molecule has 1 fully saturated rings. The molecule has 0 spiro atoms. The fourth-order valence-electron chi connectivity index (χ4n) is 7.24. The number of ketones is 2. The third kappa shape index (κ3) is 15.5. The van der Waals surface area contributed by atoms with Gasteiger partial charge in [-0.15, -0.1) is 4.37 Å². The van der Waals surface area contributed by atoms with Crippen LogP contribution in [0.2, 0.25) is 0 Å². The molecule has 5 rings (SSSR count). The van der Waals surface area contributed by atoms with Gasteiger partial charge in [0.15, 0.2) is 11.6 Å². The predicted molar refractivity (Wildman–Crippen MR) is 256 cm³/mol. The molecule has 3 unspecified atom stereocenters. The summed E-state index contributed by atoms with van der Waals surface area (Å²) < 4.78 is 44.1. The van der Waals surface area contributed by atoms with E-state index in [1.165, 1.54) is 0 Å². The molecule has 67 heavy (non-hydrogen) atoms. The number of Topliss-reactive ketones (excluding diaryl/α,β-unsaturated/α-hetero) is 2. The first kappa shape index (κ1) is 52.5. The predicted octanol–water partition coefficient (Wildman–Crippen LogP) is 6.86. The number of carbonyl (C=O) groups is 4. The normalized spacial score (nSPS) is 15.7. The largest absolute Gasteiger partial charge is 0.497 e. The second kappa shape index (κ2) is 24.5.